The van der Waals surface area contributed by atoms with E-state index in [1.165, 1.54) is 0 Å². The highest BCUT2D eigenvalue weighted by atomic mass is 32.2. The summed E-state index contributed by atoms with van der Waals surface area (Å²) in [4.78, 5) is 50.5. The number of thioether (sulfide) groups is 1. The van der Waals surface area contributed by atoms with Crippen molar-refractivity contribution >= 4 is 45.9 Å². The van der Waals surface area contributed by atoms with Crippen LogP contribution in [0, 0.1) is 11.8 Å². The fraction of sp³-hybridized carbons (Fsp3) is 0.310. The van der Waals surface area contributed by atoms with Crippen molar-refractivity contribution in [3.05, 3.63) is 140 Å². The second-order valence-corrected chi connectivity index (χ2v) is 15.7. The van der Waals surface area contributed by atoms with Crippen LogP contribution in [-0.4, -0.2) is 67.9 Å². The van der Waals surface area contributed by atoms with Gasteiger partial charge in [-0.25, -0.2) is 0 Å². The monoisotopic (exact) mass is 685 g/mol. The van der Waals surface area contributed by atoms with E-state index in [1.807, 2.05) is 103 Å². The standard InChI is InChI=1S/C42H43N3O4S/c1-4-24-43(27-29-14-8-6-9-15-29)38(47)35-36-39(48)45(34(28-46)31-17-10-7-11-18-31)37(42(36)23-22-41(35,3)50-42)40(49)44(25-5-2)33-21-20-30-16-12-13-19-32(30)26-33/h4-21,26,34-37,46H,1-2,22-25,27-28H2,3H3/t34-,35-,36+,37?,41+,42?/m1/s1. The molecule has 1 spiro atoms. The third kappa shape index (κ3) is 5.55. The second-order valence-electron chi connectivity index (χ2n) is 13.8. The Labute approximate surface area is 298 Å². The van der Waals surface area contributed by atoms with Gasteiger partial charge >= 0.3 is 0 Å². The van der Waals surface area contributed by atoms with E-state index >= 15 is 9.59 Å². The molecule has 256 valence electrons. The van der Waals surface area contributed by atoms with Crippen LogP contribution in [0.15, 0.2) is 128 Å². The Bertz CT molecular complexity index is 1940. The van der Waals surface area contributed by atoms with Crippen LogP contribution in [0.3, 0.4) is 0 Å². The first-order valence-electron chi connectivity index (χ1n) is 17.3. The number of aliphatic hydroxyl groups excluding tert-OH is 1. The molecule has 7 rings (SSSR count). The first kappa shape index (κ1) is 33.8. The average Bonchev–Trinajstić information content (AvgIpc) is 3.71. The molecular formula is C42H43N3O4S. The molecule has 0 radical (unpaired) electrons. The number of fused-ring (bicyclic) bond motifs is 2. The van der Waals surface area contributed by atoms with E-state index in [9.17, 15) is 9.90 Å². The topological polar surface area (TPSA) is 81.2 Å². The molecule has 3 saturated heterocycles. The normalized spacial score (nSPS) is 25.7. The lowest BCUT2D eigenvalue weighted by Gasteiger charge is -2.39. The summed E-state index contributed by atoms with van der Waals surface area (Å²) in [6.45, 7) is 10.6. The van der Waals surface area contributed by atoms with Crippen LogP contribution in [0.25, 0.3) is 10.8 Å². The molecule has 3 aliphatic rings. The molecule has 2 bridgehead atoms. The number of rotatable bonds is 12. The summed E-state index contributed by atoms with van der Waals surface area (Å²) in [5.74, 6) is -1.98. The summed E-state index contributed by atoms with van der Waals surface area (Å²) in [5.41, 5.74) is 2.44. The predicted molar refractivity (Wildman–Crippen MR) is 200 cm³/mol. The lowest BCUT2D eigenvalue weighted by atomic mass is 9.66. The number of nitrogens with zero attached hydrogens (tertiary/aromatic N) is 3. The summed E-state index contributed by atoms with van der Waals surface area (Å²) >= 11 is 1.64. The first-order chi connectivity index (χ1) is 24.3. The molecule has 3 fully saturated rings. The SMILES string of the molecule is C=CCN(Cc1ccccc1)C(=O)[C@H]1[C@H]2C(=O)N([C@H](CO)c3ccccc3)C(C(=O)N(CC=C)c3ccc4ccccc4c3)C23CC[C@]1(C)S3. The molecule has 4 aromatic carbocycles. The van der Waals surface area contributed by atoms with Gasteiger partial charge in [0.25, 0.3) is 5.91 Å². The van der Waals surface area contributed by atoms with E-state index in [0.29, 0.717) is 31.6 Å². The smallest absolute Gasteiger partial charge is 0.251 e. The molecule has 7 nitrogen and oxygen atoms in total. The molecule has 0 saturated carbocycles. The molecule has 0 aromatic heterocycles. The van der Waals surface area contributed by atoms with Gasteiger partial charge in [-0.15, -0.1) is 24.9 Å². The van der Waals surface area contributed by atoms with Crippen LogP contribution in [0.2, 0.25) is 0 Å². The molecule has 0 aliphatic carbocycles. The Morgan fingerprint density at radius 1 is 0.900 bits per heavy atom. The molecular weight excluding hydrogens is 643 g/mol. The molecule has 3 aliphatic heterocycles. The third-order valence-electron chi connectivity index (χ3n) is 10.9. The zero-order valence-corrected chi connectivity index (χ0v) is 29.2. The first-order valence-corrected chi connectivity index (χ1v) is 18.1. The number of likely N-dealkylation sites (tertiary alicyclic amines) is 1. The number of amides is 3. The Hall–Kier alpha value is -4.66. The minimum absolute atomic E-state index is 0.102. The molecule has 50 heavy (non-hydrogen) atoms. The highest BCUT2D eigenvalue weighted by Gasteiger charge is 2.78. The Balaban J connectivity index is 1.35. The zero-order chi connectivity index (χ0) is 35.0. The van der Waals surface area contributed by atoms with Gasteiger partial charge in [-0.1, -0.05) is 103 Å². The van der Waals surface area contributed by atoms with Crippen molar-refractivity contribution in [3.8, 4) is 0 Å². The highest BCUT2D eigenvalue weighted by Crippen LogP contribution is 2.72. The van der Waals surface area contributed by atoms with Crippen molar-refractivity contribution < 1.29 is 19.5 Å². The molecule has 4 aromatic rings. The van der Waals surface area contributed by atoms with Crippen LogP contribution < -0.4 is 4.90 Å². The minimum atomic E-state index is -0.921. The van der Waals surface area contributed by atoms with Crippen molar-refractivity contribution in [3.63, 3.8) is 0 Å². The van der Waals surface area contributed by atoms with Gasteiger partial charge in [0.2, 0.25) is 11.8 Å². The fourth-order valence-electron chi connectivity index (χ4n) is 8.72. The maximum Gasteiger partial charge on any atom is 0.251 e. The summed E-state index contributed by atoms with van der Waals surface area (Å²) < 4.78 is -1.42. The summed E-state index contributed by atoms with van der Waals surface area (Å²) in [6.07, 6.45) is 4.72. The third-order valence-corrected chi connectivity index (χ3v) is 12.9. The highest BCUT2D eigenvalue weighted by molar-refractivity contribution is 8.02. The molecule has 8 heteroatoms. The largest absolute Gasteiger partial charge is 0.394 e. The zero-order valence-electron chi connectivity index (χ0n) is 28.4. The van der Waals surface area contributed by atoms with E-state index in [1.54, 1.807) is 38.6 Å². The summed E-state index contributed by atoms with van der Waals surface area (Å²) in [7, 11) is 0. The number of hydrogen-bond donors (Lipinski definition) is 1. The van der Waals surface area contributed by atoms with Crippen molar-refractivity contribution in [2.75, 3.05) is 24.6 Å². The van der Waals surface area contributed by atoms with E-state index in [0.717, 1.165) is 21.9 Å². The van der Waals surface area contributed by atoms with Gasteiger partial charge in [0.05, 0.1) is 29.2 Å². The van der Waals surface area contributed by atoms with Crippen molar-refractivity contribution in [1.82, 2.24) is 9.80 Å². The van der Waals surface area contributed by atoms with Crippen LogP contribution in [-0.2, 0) is 20.9 Å². The van der Waals surface area contributed by atoms with Gasteiger partial charge in [0, 0.05) is 30.1 Å². The van der Waals surface area contributed by atoms with Crippen molar-refractivity contribution in [2.24, 2.45) is 11.8 Å². The Morgan fingerprint density at radius 3 is 2.24 bits per heavy atom. The van der Waals surface area contributed by atoms with Crippen LogP contribution in [0.5, 0.6) is 0 Å². The molecule has 2 unspecified atom stereocenters. The predicted octanol–water partition coefficient (Wildman–Crippen LogP) is 6.79. The summed E-state index contributed by atoms with van der Waals surface area (Å²) in [6, 6.07) is 31.5. The number of hydrogen-bond acceptors (Lipinski definition) is 5. The number of aliphatic hydroxyl groups is 1. The second kappa shape index (κ2) is 13.6. The quantitative estimate of drug-likeness (QED) is 0.166. The van der Waals surface area contributed by atoms with Crippen LogP contribution in [0.1, 0.15) is 36.9 Å². The van der Waals surface area contributed by atoms with Gasteiger partial charge in [-0.3, -0.25) is 14.4 Å². The maximum absolute atomic E-state index is 15.3. The Kier molecular flexibility index (Phi) is 9.18. The van der Waals surface area contributed by atoms with E-state index in [2.05, 4.69) is 20.1 Å². The molecule has 6 atom stereocenters. The van der Waals surface area contributed by atoms with E-state index in [-0.39, 0.29) is 30.9 Å². The van der Waals surface area contributed by atoms with E-state index in [4.69, 9.17) is 0 Å². The van der Waals surface area contributed by atoms with Crippen LogP contribution >= 0.6 is 11.8 Å². The van der Waals surface area contributed by atoms with E-state index < -0.39 is 33.4 Å². The molecule has 3 heterocycles. The van der Waals surface area contributed by atoms with Crippen LogP contribution in [0.4, 0.5) is 5.69 Å². The lowest BCUT2D eigenvalue weighted by Crippen LogP contribution is -2.56. The molecule has 1 N–H and O–H groups in total. The number of anilines is 1. The average molecular weight is 686 g/mol. The van der Waals surface area contributed by atoms with Gasteiger partial charge < -0.3 is 19.8 Å². The van der Waals surface area contributed by atoms with Crippen molar-refractivity contribution in [1.29, 1.82) is 0 Å². The van der Waals surface area contributed by atoms with Crippen molar-refractivity contribution in [2.45, 2.75) is 47.9 Å². The van der Waals surface area contributed by atoms with Gasteiger partial charge in [0.15, 0.2) is 0 Å². The minimum Gasteiger partial charge on any atom is -0.394 e. The molecule has 3 amide bonds. The maximum atomic E-state index is 15.3. The lowest BCUT2D eigenvalue weighted by molar-refractivity contribution is -0.146. The number of benzene rings is 4. The van der Waals surface area contributed by atoms with Gasteiger partial charge in [-0.2, -0.15) is 0 Å². The number of carbonyl (C=O) groups is 3. The fourth-order valence-corrected chi connectivity index (χ4v) is 11.0. The van der Waals surface area contributed by atoms with Gasteiger partial charge in [0.1, 0.15) is 6.04 Å². The summed E-state index contributed by atoms with van der Waals surface area (Å²) in [5, 5.41) is 13.0. The van der Waals surface area contributed by atoms with Gasteiger partial charge in [-0.05, 0) is 53.8 Å². The number of carbonyl (C=O) groups excluding carboxylic acids is 3. The Morgan fingerprint density at radius 2 is 1.56 bits per heavy atom.